The predicted molar refractivity (Wildman–Crippen MR) is 136 cm³/mol. The lowest BCUT2D eigenvalue weighted by atomic mass is 10.1. The van der Waals surface area contributed by atoms with Crippen LogP contribution in [0.5, 0.6) is 0 Å². The number of carbonyl (C=O) groups is 2. The Bertz CT molecular complexity index is 1040. The Hall–Kier alpha value is -2.38. The van der Waals surface area contributed by atoms with Crippen molar-refractivity contribution in [2.75, 3.05) is 33.2 Å². The van der Waals surface area contributed by atoms with Gasteiger partial charge in [0.1, 0.15) is 17.4 Å². The van der Waals surface area contributed by atoms with Crippen molar-refractivity contribution in [2.24, 2.45) is 0 Å². The van der Waals surface area contributed by atoms with E-state index in [-0.39, 0.29) is 18.4 Å². The number of aryl methyl sites for hydroxylation is 1. The van der Waals surface area contributed by atoms with Crippen molar-refractivity contribution < 1.29 is 14.0 Å². The maximum atomic E-state index is 13.3. The van der Waals surface area contributed by atoms with Gasteiger partial charge in [0.05, 0.1) is 6.54 Å². The predicted octanol–water partition coefficient (Wildman–Crippen LogP) is 4.73. The topological polar surface area (TPSA) is 57.0 Å². The Morgan fingerprint density at radius 1 is 1.27 bits per heavy atom. The molecule has 0 N–H and O–H groups in total. The molecule has 1 aromatic heterocycles. The molecule has 7 heteroatoms. The van der Waals surface area contributed by atoms with Crippen LogP contribution in [0.2, 0.25) is 0 Å². The maximum absolute atomic E-state index is 13.3. The number of nitrogens with zero attached hydrogens (tertiary/aromatic N) is 3. The Labute approximate surface area is 205 Å². The normalized spacial score (nSPS) is 17.9. The molecule has 0 aliphatic carbocycles. The maximum Gasteiger partial charge on any atom is 0.247 e. The molecule has 0 radical (unpaired) electrons. The van der Waals surface area contributed by atoms with Crippen LogP contribution in [0.4, 0.5) is 0 Å². The molecule has 1 aromatic carbocycles. The molecule has 1 saturated heterocycles. The molecule has 1 aliphatic rings. The molecule has 1 atom stereocenters. The third-order valence-corrected chi connectivity index (χ3v) is 6.82. The first-order valence-corrected chi connectivity index (χ1v) is 12.4. The van der Waals surface area contributed by atoms with Crippen molar-refractivity contribution in [1.82, 2.24) is 14.7 Å². The van der Waals surface area contributed by atoms with Gasteiger partial charge in [-0.3, -0.25) is 14.5 Å². The summed E-state index contributed by atoms with van der Waals surface area (Å²) < 4.78 is 7.03. The van der Waals surface area contributed by atoms with Crippen LogP contribution in [-0.2, 0) is 22.6 Å². The summed E-state index contributed by atoms with van der Waals surface area (Å²) in [6.45, 7) is 8.34. The monoisotopic (exact) mass is 515 g/mol. The molecule has 1 aliphatic heterocycles. The summed E-state index contributed by atoms with van der Waals surface area (Å²) in [5.41, 5.74) is 2.05. The van der Waals surface area contributed by atoms with Gasteiger partial charge in [-0.2, -0.15) is 0 Å². The van der Waals surface area contributed by atoms with Gasteiger partial charge in [0.15, 0.2) is 0 Å². The largest absolute Gasteiger partial charge is 0.461 e. The van der Waals surface area contributed by atoms with Crippen LogP contribution in [0.1, 0.15) is 38.5 Å². The Morgan fingerprint density at radius 3 is 2.73 bits per heavy atom. The van der Waals surface area contributed by atoms with Gasteiger partial charge in [-0.1, -0.05) is 59.3 Å². The number of allylic oxidation sites excluding steroid dienone is 3. The third-order valence-electron chi connectivity index (χ3n) is 6.09. The number of para-hydroxylation sites is 1. The van der Waals surface area contributed by atoms with E-state index in [0.717, 1.165) is 33.2 Å². The number of likely N-dealkylation sites (N-methyl/N-ethyl adjacent to an activating group) is 2. The smallest absolute Gasteiger partial charge is 0.247 e. The van der Waals surface area contributed by atoms with Gasteiger partial charge in [-0.25, -0.2) is 0 Å². The second kappa shape index (κ2) is 11.7. The van der Waals surface area contributed by atoms with E-state index in [1.165, 1.54) is 0 Å². The van der Waals surface area contributed by atoms with E-state index in [9.17, 15) is 9.59 Å². The molecule has 0 saturated carbocycles. The first-order valence-electron chi connectivity index (χ1n) is 11.6. The highest BCUT2D eigenvalue weighted by molar-refractivity contribution is 9.11. The zero-order chi connectivity index (χ0) is 24.0. The number of furan rings is 1. The number of benzene rings is 1. The minimum atomic E-state index is -0.476. The van der Waals surface area contributed by atoms with Gasteiger partial charge in [0.25, 0.3) is 0 Å². The van der Waals surface area contributed by atoms with Crippen LogP contribution < -0.4 is 0 Å². The number of hydrogen-bond donors (Lipinski definition) is 0. The number of halogens is 1. The van der Waals surface area contributed by atoms with Gasteiger partial charge in [0, 0.05) is 48.0 Å². The summed E-state index contributed by atoms with van der Waals surface area (Å²) in [5, 5.41) is 1.11. The fraction of sp³-hybridized carbons (Fsp3) is 0.462. The van der Waals surface area contributed by atoms with Crippen molar-refractivity contribution >= 4 is 38.7 Å². The summed E-state index contributed by atoms with van der Waals surface area (Å²) in [4.78, 5) is 31.7. The van der Waals surface area contributed by atoms with E-state index in [1.54, 1.807) is 9.80 Å². The highest BCUT2D eigenvalue weighted by Gasteiger charge is 2.38. The number of hydrogen-bond acceptors (Lipinski definition) is 4. The zero-order valence-electron chi connectivity index (χ0n) is 20.0. The number of amides is 2. The van der Waals surface area contributed by atoms with Gasteiger partial charge in [0.2, 0.25) is 11.8 Å². The number of rotatable bonds is 10. The quantitative estimate of drug-likeness (QED) is 0.429. The molecule has 3 rings (SSSR count). The van der Waals surface area contributed by atoms with Gasteiger partial charge < -0.3 is 14.2 Å². The Morgan fingerprint density at radius 2 is 2.03 bits per heavy atom. The lowest BCUT2D eigenvalue weighted by molar-refractivity contribution is -0.156. The van der Waals surface area contributed by atoms with Crippen molar-refractivity contribution in [3.63, 3.8) is 0 Å². The van der Waals surface area contributed by atoms with Crippen LogP contribution in [0, 0.1) is 0 Å². The molecule has 1 fully saturated rings. The summed E-state index contributed by atoms with van der Waals surface area (Å²) >= 11 is 3.45. The van der Waals surface area contributed by atoms with Crippen LogP contribution in [-0.4, -0.2) is 65.8 Å². The number of fused-ring (bicyclic) bond motifs is 1. The molecule has 0 spiro atoms. The second-order valence-corrected chi connectivity index (χ2v) is 9.29. The van der Waals surface area contributed by atoms with Crippen molar-refractivity contribution in [2.45, 2.75) is 46.2 Å². The summed E-state index contributed by atoms with van der Waals surface area (Å²) in [6.07, 6.45) is 7.47. The lowest BCUT2D eigenvalue weighted by Gasteiger charge is -2.41. The fourth-order valence-electron chi connectivity index (χ4n) is 4.37. The Balaban J connectivity index is 1.72. The number of carbonyl (C=O) groups excluding carboxylic acids is 2. The third kappa shape index (κ3) is 5.95. The molecule has 6 nitrogen and oxygen atoms in total. The van der Waals surface area contributed by atoms with Crippen molar-refractivity contribution in [1.29, 1.82) is 0 Å². The van der Waals surface area contributed by atoms with E-state index in [0.29, 0.717) is 32.6 Å². The number of piperazine rings is 1. The molecule has 2 amide bonds. The highest BCUT2D eigenvalue weighted by Crippen LogP contribution is 2.27. The first kappa shape index (κ1) is 25.2. The van der Waals surface area contributed by atoms with E-state index in [1.807, 2.05) is 57.3 Å². The van der Waals surface area contributed by atoms with Gasteiger partial charge in [-0.15, -0.1) is 0 Å². The minimum absolute atomic E-state index is 0.0112. The molecule has 1 unspecified atom stereocenters. The first-order chi connectivity index (χ1) is 15.9. The SMILES string of the molecule is C/C=C(Br)\C=C/CCN1CC(=O)N(CC)C(CN(C)Cc2c(CC)oc3ccccc23)C1=O. The average Bonchev–Trinajstić information content (AvgIpc) is 3.16. The molecule has 0 bridgehead atoms. The van der Waals surface area contributed by atoms with Gasteiger partial charge in [-0.05, 0) is 33.4 Å². The molecule has 33 heavy (non-hydrogen) atoms. The van der Waals surface area contributed by atoms with Crippen LogP contribution in [0.25, 0.3) is 11.0 Å². The highest BCUT2D eigenvalue weighted by atomic mass is 79.9. The van der Waals surface area contributed by atoms with Crippen molar-refractivity contribution in [3.05, 3.63) is 58.3 Å². The minimum Gasteiger partial charge on any atom is -0.461 e. The summed E-state index contributed by atoms with van der Waals surface area (Å²) in [5.74, 6) is 1.01. The summed E-state index contributed by atoms with van der Waals surface area (Å²) in [7, 11) is 2.00. The molecule has 2 aromatic rings. The van der Waals surface area contributed by atoms with Gasteiger partial charge >= 0.3 is 0 Å². The molecular weight excluding hydrogens is 482 g/mol. The molecular formula is C26H34BrN3O3. The van der Waals surface area contributed by atoms with E-state index >= 15 is 0 Å². The fourth-order valence-corrected chi connectivity index (χ4v) is 4.56. The van der Waals surface area contributed by atoms with Crippen LogP contribution in [0.3, 0.4) is 0 Å². The van der Waals surface area contributed by atoms with Crippen molar-refractivity contribution in [3.8, 4) is 0 Å². The molecule has 2 heterocycles. The van der Waals surface area contributed by atoms with Crippen LogP contribution >= 0.6 is 15.9 Å². The summed E-state index contributed by atoms with van der Waals surface area (Å²) in [6, 6.07) is 7.59. The van der Waals surface area contributed by atoms with Crippen LogP contribution in [0.15, 0.2) is 51.4 Å². The average molecular weight is 516 g/mol. The second-order valence-electron chi connectivity index (χ2n) is 8.37. The Kier molecular flexibility index (Phi) is 8.92. The zero-order valence-corrected chi connectivity index (χ0v) is 21.6. The van der Waals surface area contributed by atoms with E-state index in [4.69, 9.17) is 4.42 Å². The standard InChI is InChI=1S/C26H34BrN3O3/c1-5-19(27)12-10-11-15-29-18-25(31)30(7-3)22(26(29)32)17-28(4)16-21-20-13-8-9-14-24(20)33-23(21)6-2/h5,8-10,12-14,22H,6-7,11,15-18H2,1-4H3/b12-10-,19-5+. The van der Waals surface area contributed by atoms with E-state index < -0.39 is 6.04 Å². The lowest BCUT2D eigenvalue weighted by Crippen LogP contribution is -2.62. The molecule has 178 valence electrons. The van der Waals surface area contributed by atoms with E-state index in [2.05, 4.69) is 33.8 Å².